The Bertz CT molecular complexity index is 580. The Labute approximate surface area is 116 Å². The van der Waals surface area contributed by atoms with Crippen LogP contribution in [0.4, 0.5) is 0 Å². The van der Waals surface area contributed by atoms with Gasteiger partial charge in [-0.2, -0.15) is 0 Å². The van der Waals surface area contributed by atoms with Gasteiger partial charge in [-0.05, 0) is 24.6 Å². The van der Waals surface area contributed by atoms with Crippen LogP contribution in [0.25, 0.3) is 0 Å². The lowest BCUT2D eigenvalue weighted by atomic mass is 10.2. The normalized spacial score (nSPS) is 10.3. The van der Waals surface area contributed by atoms with E-state index in [1.165, 1.54) is 11.3 Å². The third-order valence-corrected chi connectivity index (χ3v) is 3.51. The zero-order valence-electron chi connectivity index (χ0n) is 11.2. The predicted molar refractivity (Wildman–Crippen MR) is 75.6 cm³/mol. The number of rotatable bonds is 4. The number of methoxy groups -OCH3 is 1. The highest BCUT2D eigenvalue weighted by Gasteiger charge is 2.14. The van der Waals surface area contributed by atoms with Crippen LogP contribution in [0.2, 0.25) is 0 Å². The maximum Gasteiger partial charge on any atom is 0.273 e. The molecule has 0 radical (unpaired) electrons. The van der Waals surface area contributed by atoms with Crippen molar-refractivity contribution in [3.8, 4) is 5.75 Å². The lowest BCUT2D eigenvalue weighted by Gasteiger charge is -2.16. The standard InChI is InChI=1S/C14H16N2O2S/c1-10-15-13(9-19-10)14(17)16(2)8-11-5-4-6-12(7-11)18-3/h4-7,9H,8H2,1-3H3. The molecule has 0 bridgehead atoms. The summed E-state index contributed by atoms with van der Waals surface area (Å²) in [5.41, 5.74) is 1.54. The molecule has 0 atom stereocenters. The molecule has 0 unspecified atom stereocenters. The molecule has 5 heteroatoms. The summed E-state index contributed by atoms with van der Waals surface area (Å²) in [6.45, 7) is 2.43. The van der Waals surface area contributed by atoms with Crippen molar-refractivity contribution in [2.45, 2.75) is 13.5 Å². The van der Waals surface area contributed by atoms with Crippen molar-refractivity contribution in [1.29, 1.82) is 0 Å². The minimum atomic E-state index is -0.0628. The fraction of sp³-hybridized carbons (Fsp3) is 0.286. The van der Waals surface area contributed by atoms with E-state index in [0.717, 1.165) is 16.3 Å². The summed E-state index contributed by atoms with van der Waals surface area (Å²) in [5, 5.41) is 2.69. The van der Waals surface area contributed by atoms with E-state index < -0.39 is 0 Å². The second-order valence-electron chi connectivity index (χ2n) is 4.26. The van der Waals surface area contributed by atoms with Gasteiger partial charge in [-0.3, -0.25) is 4.79 Å². The second-order valence-corrected chi connectivity index (χ2v) is 5.33. The minimum absolute atomic E-state index is 0.0628. The monoisotopic (exact) mass is 276 g/mol. The number of aromatic nitrogens is 1. The Balaban J connectivity index is 2.07. The van der Waals surface area contributed by atoms with Gasteiger partial charge in [-0.25, -0.2) is 4.98 Å². The van der Waals surface area contributed by atoms with Crippen molar-refractivity contribution in [2.75, 3.05) is 14.2 Å². The van der Waals surface area contributed by atoms with Crippen LogP contribution in [0.3, 0.4) is 0 Å². The van der Waals surface area contributed by atoms with Gasteiger partial charge in [0.1, 0.15) is 11.4 Å². The molecule has 0 saturated carbocycles. The molecule has 1 aromatic heterocycles. The first-order chi connectivity index (χ1) is 9.10. The van der Waals surface area contributed by atoms with Gasteiger partial charge in [0, 0.05) is 19.0 Å². The molecule has 0 aliphatic carbocycles. The topological polar surface area (TPSA) is 42.4 Å². The first-order valence-electron chi connectivity index (χ1n) is 5.90. The maximum atomic E-state index is 12.2. The van der Waals surface area contributed by atoms with Gasteiger partial charge < -0.3 is 9.64 Å². The van der Waals surface area contributed by atoms with Crippen molar-refractivity contribution < 1.29 is 9.53 Å². The number of carbonyl (C=O) groups is 1. The first-order valence-corrected chi connectivity index (χ1v) is 6.78. The molecule has 0 spiro atoms. The summed E-state index contributed by atoms with van der Waals surface area (Å²) >= 11 is 1.48. The molecule has 0 fully saturated rings. The highest BCUT2D eigenvalue weighted by molar-refractivity contribution is 7.09. The molecular formula is C14H16N2O2S. The van der Waals surface area contributed by atoms with Crippen LogP contribution < -0.4 is 4.74 Å². The summed E-state index contributed by atoms with van der Waals surface area (Å²) in [7, 11) is 3.41. The Morgan fingerprint density at radius 2 is 2.26 bits per heavy atom. The highest BCUT2D eigenvalue weighted by Crippen LogP contribution is 2.15. The number of benzene rings is 1. The lowest BCUT2D eigenvalue weighted by molar-refractivity contribution is 0.0780. The predicted octanol–water partition coefficient (Wildman–Crippen LogP) is 2.73. The van der Waals surface area contributed by atoms with E-state index in [0.29, 0.717) is 12.2 Å². The van der Waals surface area contributed by atoms with Crippen LogP contribution >= 0.6 is 11.3 Å². The SMILES string of the molecule is COc1cccc(CN(C)C(=O)c2csc(C)n2)c1. The molecule has 2 aromatic rings. The molecule has 0 aliphatic rings. The number of ether oxygens (including phenoxy) is 1. The Morgan fingerprint density at radius 3 is 2.89 bits per heavy atom. The van der Waals surface area contributed by atoms with Crippen molar-refractivity contribution >= 4 is 17.2 Å². The van der Waals surface area contributed by atoms with Crippen LogP contribution in [0.15, 0.2) is 29.6 Å². The minimum Gasteiger partial charge on any atom is -0.497 e. The zero-order valence-corrected chi connectivity index (χ0v) is 12.0. The number of amides is 1. The van der Waals surface area contributed by atoms with E-state index in [2.05, 4.69) is 4.98 Å². The van der Waals surface area contributed by atoms with Crippen molar-refractivity contribution in [2.24, 2.45) is 0 Å². The molecule has 0 saturated heterocycles. The molecule has 1 heterocycles. The Kier molecular flexibility index (Phi) is 4.16. The fourth-order valence-corrected chi connectivity index (χ4v) is 2.36. The zero-order chi connectivity index (χ0) is 13.8. The van der Waals surface area contributed by atoms with E-state index in [1.54, 1.807) is 24.4 Å². The quantitative estimate of drug-likeness (QED) is 0.862. The van der Waals surface area contributed by atoms with E-state index in [4.69, 9.17) is 4.74 Å². The Morgan fingerprint density at radius 1 is 1.47 bits per heavy atom. The lowest BCUT2D eigenvalue weighted by Crippen LogP contribution is -2.26. The van der Waals surface area contributed by atoms with Crippen molar-refractivity contribution in [1.82, 2.24) is 9.88 Å². The number of thiazole rings is 1. The third kappa shape index (κ3) is 3.32. The average Bonchev–Trinajstić information content (AvgIpc) is 2.84. The molecule has 100 valence electrons. The molecular weight excluding hydrogens is 260 g/mol. The Hall–Kier alpha value is -1.88. The van der Waals surface area contributed by atoms with Crippen LogP contribution in [-0.4, -0.2) is 29.9 Å². The molecule has 0 N–H and O–H groups in total. The van der Waals surface area contributed by atoms with E-state index in [9.17, 15) is 4.79 Å². The molecule has 2 rings (SSSR count). The summed E-state index contributed by atoms with van der Waals surface area (Å²) in [5.74, 6) is 0.732. The first kappa shape index (κ1) is 13.5. The molecule has 1 amide bonds. The molecule has 1 aromatic carbocycles. The van der Waals surface area contributed by atoms with Crippen LogP contribution in [-0.2, 0) is 6.54 Å². The average molecular weight is 276 g/mol. The van der Waals surface area contributed by atoms with Gasteiger partial charge in [0.25, 0.3) is 5.91 Å². The number of hydrogen-bond acceptors (Lipinski definition) is 4. The largest absolute Gasteiger partial charge is 0.497 e. The maximum absolute atomic E-state index is 12.2. The highest BCUT2D eigenvalue weighted by atomic mass is 32.1. The van der Waals surface area contributed by atoms with E-state index in [1.807, 2.05) is 31.2 Å². The van der Waals surface area contributed by atoms with Gasteiger partial charge in [0.2, 0.25) is 0 Å². The van der Waals surface area contributed by atoms with E-state index >= 15 is 0 Å². The van der Waals surface area contributed by atoms with Gasteiger partial charge in [-0.15, -0.1) is 11.3 Å². The number of aryl methyl sites for hydroxylation is 1. The van der Waals surface area contributed by atoms with Gasteiger partial charge in [0.15, 0.2) is 0 Å². The third-order valence-electron chi connectivity index (χ3n) is 2.74. The summed E-state index contributed by atoms with van der Waals surface area (Å²) < 4.78 is 5.17. The number of carbonyl (C=O) groups excluding carboxylic acids is 1. The molecule has 0 aliphatic heterocycles. The fourth-order valence-electron chi connectivity index (χ4n) is 1.77. The smallest absolute Gasteiger partial charge is 0.273 e. The van der Waals surface area contributed by atoms with Crippen LogP contribution in [0.1, 0.15) is 21.1 Å². The second kappa shape index (κ2) is 5.84. The molecule has 4 nitrogen and oxygen atoms in total. The summed E-state index contributed by atoms with van der Waals surface area (Å²) in [6, 6.07) is 7.70. The van der Waals surface area contributed by atoms with Crippen molar-refractivity contribution in [3.63, 3.8) is 0 Å². The number of nitrogens with zero attached hydrogens (tertiary/aromatic N) is 2. The van der Waals surface area contributed by atoms with Crippen LogP contribution in [0, 0.1) is 6.92 Å². The van der Waals surface area contributed by atoms with Crippen molar-refractivity contribution in [3.05, 3.63) is 45.9 Å². The van der Waals surface area contributed by atoms with E-state index in [-0.39, 0.29) is 5.91 Å². The van der Waals surface area contributed by atoms with Gasteiger partial charge in [0.05, 0.1) is 12.1 Å². The number of hydrogen-bond donors (Lipinski definition) is 0. The summed E-state index contributed by atoms with van der Waals surface area (Å²) in [4.78, 5) is 18.0. The van der Waals surface area contributed by atoms with Gasteiger partial charge in [-0.1, -0.05) is 12.1 Å². The summed E-state index contributed by atoms with van der Waals surface area (Å²) in [6.07, 6.45) is 0. The molecule has 19 heavy (non-hydrogen) atoms. The van der Waals surface area contributed by atoms with Crippen LogP contribution in [0.5, 0.6) is 5.75 Å². The van der Waals surface area contributed by atoms with Gasteiger partial charge >= 0.3 is 0 Å².